The van der Waals surface area contributed by atoms with Crippen molar-refractivity contribution in [2.45, 2.75) is 32.0 Å². The number of alkyl halides is 3. The largest absolute Gasteiger partial charge is 0.492 e. The average molecular weight is 529 g/mol. The molecule has 4 nitrogen and oxygen atoms in total. The first-order valence-corrected chi connectivity index (χ1v) is 12.5. The quantitative estimate of drug-likeness (QED) is 0.371. The minimum atomic E-state index is -4.83. The van der Waals surface area contributed by atoms with E-state index in [9.17, 15) is 18.3 Å². The van der Waals surface area contributed by atoms with E-state index >= 15 is 0 Å². The molecule has 0 saturated carbocycles. The summed E-state index contributed by atoms with van der Waals surface area (Å²) in [5.41, 5.74) is 2.27. The predicted molar refractivity (Wildman–Crippen MR) is 138 cm³/mol. The lowest BCUT2D eigenvalue weighted by Gasteiger charge is -2.30. The van der Waals surface area contributed by atoms with Crippen LogP contribution in [0.1, 0.15) is 42.7 Å². The minimum absolute atomic E-state index is 0.00574. The molecule has 1 N–H and O–H groups in total. The van der Waals surface area contributed by atoms with E-state index in [0.29, 0.717) is 28.7 Å². The molecule has 0 spiro atoms. The molecular weight excluding hydrogens is 501 g/mol. The summed E-state index contributed by atoms with van der Waals surface area (Å²) in [6.45, 7) is 4.97. The number of aliphatic hydroxyl groups excluding tert-OH is 1. The number of benzene rings is 2. The van der Waals surface area contributed by atoms with Crippen LogP contribution in [0.2, 0.25) is 5.02 Å². The van der Waals surface area contributed by atoms with Gasteiger partial charge in [-0.3, -0.25) is 4.90 Å². The number of pyridine rings is 1. The second-order valence-corrected chi connectivity index (χ2v) is 9.69. The molecular formula is C29H28ClF3N2O2. The SMILES string of the molecule is CC1CCN(CCOc2ccc(C#Cc3ccc(-c4ccc(Cl)cc4)cn3)cc2C(O)C(F)(F)F)CC1. The van der Waals surface area contributed by atoms with Crippen molar-refractivity contribution < 1.29 is 23.0 Å². The van der Waals surface area contributed by atoms with Crippen LogP contribution in [0.5, 0.6) is 5.75 Å². The fourth-order valence-corrected chi connectivity index (χ4v) is 4.26. The lowest BCUT2D eigenvalue weighted by Crippen LogP contribution is -2.35. The molecule has 3 aromatic rings. The molecule has 1 atom stereocenters. The third-order valence-electron chi connectivity index (χ3n) is 6.43. The average Bonchev–Trinajstić information content (AvgIpc) is 2.89. The van der Waals surface area contributed by atoms with E-state index < -0.39 is 12.3 Å². The van der Waals surface area contributed by atoms with Crippen LogP contribution in [-0.4, -0.2) is 47.4 Å². The van der Waals surface area contributed by atoms with E-state index in [0.717, 1.165) is 37.1 Å². The van der Waals surface area contributed by atoms with Crippen LogP contribution in [0.3, 0.4) is 0 Å². The van der Waals surface area contributed by atoms with Gasteiger partial charge in [-0.25, -0.2) is 4.98 Å². The van der Waals surface area contributed by atoms with E-state index in [4.69, 9.17) is 16.3 Å². The molecule has 0 bridgehead atoms. The lowest BCUT2D eigenvalue weighted by molar-refractivity contribution is -0.207. The number of hydrogen-bond donors (Lipinski definition) is 1. The Morgan fingerprint density at radius 3 is 2.41 bits per heavy atom. The summed E-state index contributed by atoms with van der Waals surface area (Å²) in [4.78, 5) is 6.57. The molecule has 4 rings (SSSR count). The molecule has 1 aliphatic rings. The van der Waals surface area contributed by atoms with Gasteiger partial charge in [-0.2, -0.15) is 13.2 Å². The molecule has 1 unspecified atom stereocenters. The molecule has 2 aromatic carbocycles. The number of rotatable bonds is 6. The van der Waals surface area contributed by atoms with Crippen molar-refractivity contribution in [1.29, 1.82) is 0 Å². The highest BCUT2D eigenvalue weighted by atomic mass is 35.5. The van der Waals surface area contributed by atoms with Gasteiger partial charge >= 0.3 is 6.18 Å². The zero-order valence-corrected chi connectivity index (χ0v) is 21.2. The lowest BCUT2D eigenvalue weighted by atomic mass is 9.99. The van der Waals surface area contributed by atoms with Gasteiger partial charge in [-0.05, 0) is 79.7 Å². The van der Waals surface area contributed by atoms with Gasteiger partial charge in [0.25, 0.3) is 0 Å². The van der Waals surface area contributed by atoms with Crippen molar-refractivity contribution in [1.82, 2.24) is 9.88 Å². The Hall–Kier alpha value is -3.05. The van der Waals surface area contributed by atoms with Crippen molar-refractivity contribution in [3.8, 4) is 28.7 Å². The predicted octanol–water partition coefficient (Wildman–Crippen LogP) is 6.51. The fraction of sp³-hybridized carbons (Fsp3) is 0.345. The van der Waals surface area contributed by atoms with Crippen LogP contribution in [0, 0.1) is 17.8 Å². The van der Waals surface area contributed by atoms with Crippen molar-refractivity contribution in [2.24, 2.45) is 5.92 Å². The molecule has 194 valence electrons. The van der Waals surface area contributed by atoms with Crippen molar-refractivity contribution in [3.05, 3.63) is 82.6 Å². The standard InChI is InChI=1S/C29H28ClF3N2O2/c1-20-12-14-35(15-13-20)16-17-37-27-11-3-21(18-26(27)28(36)29(31,32)33)2-9-25-10-6-23(19-34-25)22-4-7-24(30)8-5-22/h3-8,10-11,18-20,28,36H,12-17H2,1H3. The van der Waals surface area contributed by atoms with Gasteiger partial charge in [0.15, 0.2) is 6.10 Å². The van der Waals surface area contributed by atoms with E-state index in [1.807, 2.05) is 18.2 Å². The van der Waals surface area contributed by atoms with E-state index in [-0.39, 0.29) is 17.9 Å². The number of ether oxygens (including phenoxy) is 1. The fourth-order valence-electron chi connectivity index (χ4n) is 4.14. The Bertz CT molecular complexity index is 1240. The number of hydrogen-bond acceptors (Lipinski definition) is 4. The van der Waals surface area contributed by atoms with Gasteiger partial charge in [0.05, 0.1) is 0 Å². The molecule has 0 amide bonds. The van der Waals surface area contributed by atoms with Gasteiger partial charge in [0, 0.05) is 34.5 Å². The van der Waals surface area contributed by atoms with Crippen LogP contribution in [0.15, 0.2) is 60.8 Å². The molecule has 8 heteroatoms. The molecule has 0 radical (unpaired) electrons. The van der Waals surface area contributed by atoms with Crippen LogP contribution >= 0.6 is 11.6 Å². The summed E-state index contributed by atoms with van der Waals surface area (Å²) >= 11 is 5.93. The van der Waals surface area contributed by atoms with Gasteiger partial charge in [0.2, 0.25) is 0 Å². The van der Waals surface area contributed by atoms with Crippen LogP contribution in [-0.2, 0) is 0 Å². The third kappa shape index (κ3) is 7.48. The second-order valence-electron chi connectivity index (χ2n) is 9.26. The van der Waals surface area contributed by atoms with Crippen molar-refractivity contribution in [3.63, 3.8) is 0 Å². The number of nitrogens with zero attached hydrogens (tertiary/aromatic N) is 2. The van der Waals surface area contributed by atoms with Crippen molar-refractivity contribution in [2.75, 3.05) is 26.2 Å². The first kappa shape index (κ1) is 27.0. The van der Waals surface area contributed by atoms with Gasteiger partial charge in [-0.1, -0.05) is 42.6 Å². The Labute approximate surface area is 220 Å². The Kier molecular flexibility index (Phi) is 8.75. The summed E-state index contributed by atoms with van der Waals surface area (Å²) in [6.07, 6.45) is -3.62. The Morgan fingerprint density at radius 1 is 1.05 bits per heavy atom. The Balaban J connectivity index is 1.48. The highest BCUT2D eigenvalue weighted by molar-refractivity contribution is 6.30. The first-order chi connectivity index (χ1) is 17.7. The van der Waals surface area contributed by atoms with Gasteiger partial charge in [-0.15, -0.1) is 0 Å². The Morgan fingerprint density at radius 2 is 1.76 bits per heavy atom. The van der Waals surface area contributed by atoms with Crippen LogP contribution in [0.4, 0.5) is 13.2 Å². The number of aliphatic hydroxyl groups is 1. The van der Waals surface area contributed by atoms with Crippen LogP contribution in [0.25, 0.3) is 11.1 Å². The number of likely N-dealkylation sites (tertiary alicyclic amines) is 1. The van der Waals surface area contributed by atoms with Gasteiger partial charge < -0.3 is 9.84 Å². The van der Waals surface area contributed by atoms with E-state index in [1.54, 1.807) is 30.5 Å². The molecule has 0 aliphatic carbocycles. The summed E-state index contributed by atoms with van der Waals surface area (Å²) in [6, 6.07) is 15.2. The highest BCUT2D eigenvalue weighted by Gasteiger charge is 2.41. The monoisotopic (exact) mass is 528 g/mol. The normalized spacial score (nSPS) is 15.6. The molecule has 2 heterocycles. The maximum atomic E-state index is 13.4. The molecule has 1 aromatic heterocycles. The van der Waals surface area contributed by atoms with E-state index in [2.05, 4.69) is 28.6 Å². The molecule has 1 aliphatic heterocycles. The number of halogens is 4. The molecule has 37 heavy (non-hydrogen) atoms. The molecule has 1 fully saturated rings. The minimum Gasteiger partial charge on any atom is -0.492 e. The number of piperidine rings is 1. The maximum absolute atomic E-state index is 13.4. The summed E-state index contributed by atoms with van der Waals surface area (Å²) in [7, 11) is 0. The first-order valence-electron chi connectivity index (χ1n) is 12.2. The van der Waals surface area contributed by atoms with Gasteiger partial charge in [0.1, 0.15) is 18.1 Å². The summed E-state index contributed by atoms with van der Waals surface area (Å²) in [5.74, 6) is 6.41. The second kappa shape index (κ2) is 12.0. The zero-order chi connectivity index (χ0) is 26.4. The molecule has 1 saturated heterocycles. The summed E-state index contributed by atoms with van der Waals surface area (Å²) < 4.78 is 45.8. The topological polar surface area (TPSA) is 45.6 Å². The van der Waals surface area contributed by atoms with Crippen LogP contribution < -0.4 is 4.74 Å². The zero-order valence-electron chi connectivity index (χ0n) is 20.4. The third-order valence-corrected chi connectivity index (χ3v) is 6.68. The van der Waals surface area contributed by atoms with E-state index in [1.165, 1.54) is 12.1 Å². The summed E-state index contributed by atoms with van der Waals surface area (Å²) in [5, 5.41) is 10.6. The number of aromatic nitrogens is 1. The maximum Gasteiger partial charge on any atom is 0.418 e. The smallest absolute Gasteiger partial charge is 0.418 e. The highest BCUT2D eigenvalue weighted by Crippen LogP contribution is 2.37. The van der Waals surface area contributed by atoms with Crippen molar-refractivity contribution >= 4 is 11.6 Å².